The average molecular weight is 158 g/mol. The lowest BCUT2D eigenvalue weighted by molar-refractivity contribution is -0.109. The predicted octanol–water partition coefficient (Wildman–Crippen LogP) is 0.463. The van der Waals surface area contributed by atoms with Crippen LogP contribution in [-0.2, 0) is 4.79 Å². The molecule has 0 heterocycles. The minimum atomic E-state index is 0.589. The van der Waals surface area contributed by atoms with E-state index in [2.05, 4.69) is 31.1 Å². The predicted molar refractivity (Wildman–Crippen MR) is 46.4 cm³/mol. The van der Waals surface area contributed by atoms with Crippen LogP contribution in [0, 0.1) is 0 Å². The van der Waals surface area contributed by atoms with Crippen molar-refractivity contribution in [2.45, 2.75) is 26.3 Å². The number of nitrogens with one attached hydrogen (secondary N) is 1. The Balaban J connectivity index is 3.17. The maximum absolute atomic E-state index is 9.86. The molecule has 1 N–H and O–H groups in total. The van der Waals surface area contributed by atoms with Gasteiger partial charge in [-0.25, -0.2) is 0 Å². The third kappa shape index (κ3) is 5.85. The molecule has 0 rings (SSSR count). The van der Waals surface area contributed by atoms with E-state index in [9.17, 15) is 4.79 Å². The number of rotatable bonds is 6. The molecule has 0 aromatic carbocycles. The highest BCUT2D eigenvalue weighted by molar-refractivity contribution is 5.45. The van der Waals surface area contributed by atoms with E-state index in [1.54, 1.807) is 0 Å². The molecule has 3 heteroatoms. The molecule has 0 aliphatic rings. The largest absolute Gasteiger partial charge is 0.359 e. The maximum Gasteiger partial charge on any atom is 0.207 e. The van der Waals surface area contributed by atoms with Crippen LogP contribution in [0.2, 0.25) is 0 Å². The van der Waals surface area contributed by atoms with E-state index < -0.39 is 0 Å². The van der Waals surface area contributed by atoms with Crippen LogP contribution < -0.4 is 5.32 Å². The number of carbonyl (C=O) groups excluding carboxylic acids is 1. The topological polar surface area (TPSA) is 32.3 Å². The monoisotopic (exact) mass is 158 g/mol. The fraction of sp³-hybridized carbons (Fsp3) is 0.875. The first-order valence-electron chi connectivity index (χ1n) is 4.05. The molecule has 11 heavy (non-hydrogen) atoms. The van der Waals surface area contributed by atoms with Gasteiger partial charge in [-0.15, -0.1) is 0 Å². The summed E-state index contributed by atoms with van der Waals surface area (Å²) in [5.41, 5.74) is 0. The molecule has 0 spiro atoms. The summed E-state index contributed by atoms with van der Waals surface area (Å²) in [4.78, 5) is 12.1. The second kappa shape index (κ2) is 6.16. The third-order valence-electron chi connectivity index (χ3n) is 1.80. The van der Waals surface area contributed by atoms with Crippen LogP contribution in [0.1, 0.15) is 20.3 Å². The molecular formula is C8H18N2O. The standard InChI is InChI=1S/C8H18N2O/c1-8(2)10(3)6-4-5-9-7-11/h7-8H,4-6H2,1-3H3,(H,9,11). The van der Waals surface area contributed by atoms with Crippen molar-refractivity contribution in [1.82, 2.24) is 10.2 Å². The Morgan fingerprint density at radius 2 is 2.18 bits per heavy atom. The summed E-state index contributed by atoms with van der Waals surface area (Å²) in [6.07, 6.45) is 1.77. The minimum Gasteiger partial charge on any atom is -0.359 e. The van der Waals surface area contributed by atoms with Crippen LogP contribution in [0.3, 0.4) is 0 Å². The van der Waals surface area contributed by atoms with Gasteiger partial charge in [0.05, 0.1) is 0 Å². The van der Waals surface area contributed by atoms with Crippen LogP contribution in [0.5, 0.6) is 0 Å². The first-order valence-corrected chi connectivity index (χ1v) is 4.05. The van der Waals surface area contributed by atoms with E-state index in [-0.39, 0.29) is 0 Å². The molecule has 0 aromatic heterocycles. The van der Waals surface area contributed by atoms with Crippen molar-refractivity contribution in [2.75, 3.05) is 20.1 Å². The van der Waals surface area contributed by atoms with Gasteiger partial charge in [-0.3, -0.25) is 4.79 Å². The fourth-order valence-electron chi connectivity index (χ4n) is 0.748. The maximum atomic E-state index is 9.86. The Kier molecular flexibility index (Phi) is 5.84. The molecule has 0 aliphatic heterocycles. The molecule has 3 nitrogen and oxygen atoms in total. The summed E-state index contributed by atoms with van der Waals surface area (Å²) in [7, 11) is 2.09. The summed E-state index contributed by atoms with van der Waals surface area (Å²) in [5, 5.41) is 2.64. The number of amides is 1. The Bertz CT molecular complexity index is 104. The zero-order valence-electron chi connectivity index (χ0n) is 7.63. The smallest absolute Gasteiger partial charge is 0.207 e. The Labute approximate surface area is 68.8 Å². The van der Waals surface area contributed by atoms with Crippen molar-refractivity contribution in [2.24, 2.45) is 0 Å². The van der Waals surface area contributed by atoms with Gasteiger partial charge < -0.3 is 10.2 Å². The van der Waals surface area contributed by atoms with Crippen molar-refractivity contribution >= 4 is 6.41 Å². The number of hydrogen-bond donors (Lipinski definition) is 1. The molecule has 1 amide bonds. The first kappa shape index (κ1) is 10.4. The zero-order valence-corrected chi connectivity index (χ0v) is 7.63. The Morgan fingerprint density at radius 1 is 1.55 bits per heavy atom. The summed E-state index contributed by atoms with van der Waals surface area (Å²) < 4.78 is 0. The molecule has 0 saturated heterocycles. The molecule has 0 aromatic rings. The van der Waals surface area contributed by atoms with Gasteiger partial charge in [0.1, 0.15) is 0 Å². The number of carbonyl (C=O) groups is 1. The molecule has 0 radical (unpaired) electrons. The van der Waals surface area contributed by atoms with E-state index in [4.69, 9.17) is 0 Å². The van der Waals surface area contributed by atoms with Gasteiger partial charge in [0.25, 0.3) is 0 Å². The lowest BCUT2D eigenvalue weighted by Gasteiger charge is -2.20. The van der Waals surface area contributed by atoms with E-state index in [1.807, 2.05) is 0 Å². The van der Waals surface area contributed by atoms with Crippen LogP contribution >= 0.6 is 0 Å². The second-order valence-corrected chi connectivity index (χ2v) is 3.00. The van der Waals surface area contributed by atoms with Crippen molar-refractivity contribution in [3.05, 3.63) is 0 Å². The van der Waals surface area contributed by atoms with Crippen LogP contribution in [0.4, 0.5) is 0 Å². The second-order valence-electron chi connectivity index (χ2n) is 3.00. The third-order valence-corrected chi connectivity index (χ3v) is 1.80. The van der Waals surface area contributed by atoms with Gasteiger partial charge in [0.15, 0.2) is 0 Å². The Morgan fingerprint density at radius 3 is 2.64 bits per heavy atom. The highest BCUT2D eigenvalue weighted by atomic mass is 16.1. The SMILES string of the molecule is CC(C)N(C)CCCNC=O. The van der Waals surface area contributed by atoms with Crippen molar-refractivity contribution in [3.8, 4) is 0 Å². The van der Waals surface area contributed by atoms with Crippen molar-refractivity contribution in [1.29, 1.82) is 0 Å². The lowest BCUT2D eigenvalue weighted by atomic mass is 10.3. The molecule has 0 saturated carbocycles. The van der Waals surface area contributed by atoms with E-state index in [1.165, 1.54) is 0 Å². The van der Waals surface area contributed by atoms with Gasteiger partial charge in [0.2, 0.25) is 6.41 Å². The van der Waals surface area contributed by atoms with Gasteiger partial charge >= 0.3 is 0 Å². The molecular weight excluding hydrogens is 140 g/mol. The summed E-state index contributed by atoms with van der Waals surface area (Å²) >= 11 is 0. The molecule has 0 fully saturated rings. The molecule has 66 valence electrons. The number of nitrogens with zero attached hydrogens (tertiary/aromatic N) is 1. The first-order chi connectivity index (χ1) is 5.18. The van der Waals surface area contributed by atoms with Crippen molar-refractivity contribution < 1.29 is 4.79 Å². The lowest BCUT2D eigenvalue weighted by Crippen LogP contribution is -2.29. The van der Waals surface area contributed by atoms with E-state index >= 15 is 0 Å². The van der Waals surface area contributed by atoms with Crippen LogP contribution in [-0.4, -0.2) is 37.5 Å². The quantitative estimate of drug-likeness (QED) is 0.450. The van der Waals surface area contributed by atoms with Gasteiger partial charge in [-0.1, -0.05) is 0 Å². The van der Waals surface area contributed by atoms with E-state index in [0.717, 1.165) is 25.9 Å². The van der Waals surface area contributed by atoms with Gasteiger partial charge in [0, 0.05) is 12.6 Å². The normalized spacial score (nSPS) is 10.6. The summed E-state index contributed by atoms with van der Waals surface area (Å²) in [6, 6.07) is 0.589. The number of hydrogen-bond acceptors (Lipinski definition) is 2. The fourth-order valence-corrected chi connectivity index (χ4v) is 0.748. The van der Waals surface area contributed by atoms with Gasteiger partial charge in [-0.05, 0) is 33.9 Å². The molecule has 0 bridgehead atoms. The molecule has 0 unspecified atom stereocenters. The van der Waals surface area contributed by atoms with Crippen LogP contribution in [0.25, 0.3) is 0 Å². The summed E-state index contributed by atoms with van der Waals surface area (Å²) in [5.74, 6) is 0. The van der Waals surface area contributed by atoms with Crippen LogP contribution in [0.15, 0.2) is 0 Å². The highest BCUT2D eigenvalue weighted by Gasteiger charge is 2.00. The van der Waals surface area contributed by atoms with E-state index in [0.29, 0.717) is 6.04 Å². The molecule has 0 aliphatic carbocycles. The zero-order chi connectivity index (χ0) is 8.69. The molecule has 0 atom stereocenters. The van der Waals surface area contributed by atoms with Crippen molar-refractivity contribution in [3.63, 3.8) is 0 Å². The highest BCUT2D eigenvalue weighted by Crippen LogP contribution is 1.93. The van der Waals surface area contributed by atoms with Gasteiger partial charge in [-0.2, -0.15) is 0 Å². The summed E-state index contributed by atoms with van der Waals surface area (Å²) in [6.45, 7) is 6.14. The minimum absolute atomic E-state index is 0.589. The Hall–Kier alpha value is -0.570. The average Bonchev–Trinajstić information content (AvgIpc) is 1.97.